The van der Waals surface area contributed by atoms with E-state index >= 15 is 0 Å². The molecule has 2 unspecified atom stereocenters. The van der Waals surface area contributed by atoms with E-state index in [1.165, 1.54) is 0 Å². The van der Waals surface area contributed by atoms with Crippen LogP contribution in [0.15, 0.2) is 0 Å². The number of hydrogen-bond donors (Lipinski definition) is 3. The summed E-state index contributed by atoms with van der Waals surface area (Å²) in [6.45, 7) is 0.377. The van der Waals surface area contributed by atoms with Crippen LogP contribution in [-0.4, -0.2) is 41.9 Å². The topological polar surface area (TPSA) is 87.7 Å². The molecule has 2 aliphatic rings. The van der Waals surface area contributed by atoms with Gasteiger partial charge in [0, 0.05) is 12.6 Å². The van der Waals surface area contributed by atoms with E-state index in [0.717, 1.165) is 12.8 Å². The van der Waals surface area contributed by atoms with Gasteiger partial charge in [0.05, 0.1) is 6.10 Å². The molecule has 1 aliphatic carbocycles. The van der Waals surface area contributed by atoms with Gasteiger partial charge >= 0.3 is 12.0 Å². The zero-order valence-corrected chi connectivity index (χ0v) is 8.94. The molecule has 0 bridgehead atoms. The fourth-order valence-electron chi connectivity index (χ4n) is 1.71. The SMILES string of the molecule is O=C(NCC1CCC(C(=O)O)O1)NC1CC1. The van der Waals surface area contributed by atoms with Crippen molar-refractivity contribution in [1.29, 1.82) is 0 Å². The molecule has 0 aromatic carbocycles. The predicted molar refractivity (Wildman–Crippen MR) is 55.1 cm³/mol. The highest BCUT2D eigenvalue weighted by atomic mass is 16.5. The van der Waals surface area contributed by atoms with Gasteiger partial charge in [-0.3, -0.25) is 0 Å². The minimum absolute atomic E-state index is 0.175. The molecule has 6 nitrogen and oxygen atoms in total. The van der Waals surface area contributed by atoms with Crippen LogP contribution in [0.2, 0.25) is 0 Å². The summed E-state index contributed by atoms with van der Waals surface area (Å²) in [4.78, 5) is 21.9. The Morgan fingerprint density at radius 1 is 1.25 bits per heavy atom. The van der Waals surface area contributed by atoms with Crippen LogP contribution in [0.5, 0.6) is 0 Å². The number of carbonyl (C=O) groups excluding carboxylic acids is 1. The van der Waals surface area contributed by atoms with Gasteiger partial charge in [0.15, 0.2) is 6.10 Å². The van der Waals surface area contributed by atoms with E-state index in [-0.39, 0.29) is 12.1 Å². The van der Waals surface area contributed by atoms with Gasteiger partial charge in [-0.15, -0.1) is 0 Å². The van der Waals surface area contributed by atoms with Gasteiger partial charge in [0.2, 0.25) is 0 Å². The summed E-state index contributed by atoms with van der Waals surface area (Å²) in [6, 6.07) is 0.140. The predicted octanol–water partition coefficient (Wildman–Crippen LogP) is 0.0802. The van der Waals surface area contributed by atoms with Crippen molar-refractivity contribution < 1.29 is 19.4 Å². The standard InChI is InChI=1S/C10H16N2O4/c13-9(14)8-4-3-7(16-8)5-11-10(15)12-6-1-2-6/h6-8H,1-5H2,(H,13,14)(H2,11,12,15). The fourth-order valence-corrected chi connectivity index (χ4v) is 1.71. The van der Waals surface area contributed by atoms with Gasteiger partial charge in [-0.05, 0) is 25.7 Å². The van der Waals surface area contributed by atoms with Crippen LogP contribution in [-0.2, 0) is 9.53 Å². The number of carbonyl (C=O) groups is 2. The summed E-state index contributed by atoms with van der Waals surface area (Å²) in [7, 11) is 0. The van der Waals surface area contributed by atoms with Gasteiger partial charge in [-0.1, -0.05) is 0 Å². The second-order valence-corrected chi connectivity index (χ2v) is 4.29. The number of aliphatic carboxylic acids is 1. The second-order valence-electron chi connectivity index (χ2n) is 4.29. The highest BCUT2D eigenvalue weighted by molar-refractivity contribution is 5.74. The van der Waals surface area contributed by atoms with Crippen LogP contribution >= 0.6 is 0 Å². The molecule has 0 spiro atoms. The number of hydrogen-bond acceptors (Lipinski definition) is 3. The average molecular weight is 228 g/mol. The number of carboxylic acid groups (broad SMARTS) is 1. The lowest BCUT2D eigenvalue weighted by molar-refractivity contribution is -0.149. The monoisotopic (exact) mass is 228 g/mol. The summed E-state index contributed by atoms with van der Waals surface area (Å²) in [6.07, 6.45) is 2.42. The van der Waals surface area contributed by atoms with Crippen LogP contribution in [0.3, 0.4) is 0 Å². The molecule has 6 heteroatoms. The van der Waals surface area contributed by atoms with Crippen molar-refractivity contribution in [3.05, 3.63) is 0 Å². The number of carboxylic acids is 1. The number of ether oxygens (including phenoxy) is 1. The Hall–Kier alpha value is -1.30. The Balaban J connectivity index is 1.63. The second kappa shape index (κ2) is 4.69. The Bertz CT molecular complexity index is 291. The first-order valence-electron chi connectivity index (χ1n) is 5.58. The van der Waals surface area contributed by atoms with E-state index in [2.05, 4.69) is 10.6 Å². The fraction of sp³-hybridized carbons (Fsp3) is 0.800. The molecule has 2 atom stereocenters. The molecule has 0 radical (unpaired) electrons. The first-order valence-corrected chi connectivity index (χ1v) is 5.58. The molecule has 2 fully saturated rings. The van der Waals surface area contributed by atoms with E-state index in [4.69, 9.17) is 9.84 Å². The third-order valence-corrected chi connectivity index (χ3v) is 2.79. The maximum absolute atomic E-state index is 11.3. The lowest BCUT2D eigenvalue weighted by Gasteiger charge is -2.12. The molecule has 2 amide bonds. The Morgan fingerprint density at radius 2 is 2.00 bits per heavy atom. The van der Waals surface area contributed by atoms with Gasteiger partial charge in [-0.2, -0.15) is 0 Å². The maximum atomic E-state index is 11.3. The average Bonchev–Trinajstić information content (AvgIpc) is 2.91. The molecule has 1 saturated carbocycles. The zero-order valence-electron chi connectivity index (χ0n) is 8.94. The minimum atomic E-state index is -0.926. The summed E-state index contributed by atoms with van der Waals surface area (Å²) < 4.78 is 5.25. The lowest BCUT2D eigenvalue weighted by Crippen LogP contribution is -2.40. The highest BCUT2D eigenvalue weighted by Crippen LogP contribution is 2.20. The summed E-state index contributed by atoms with van der Waals surface area (Å²) in [5.41, 5.74) is 0. The first-order chi connectivity index (χ1) is 7.65. The van der Waals surface area contributed by atoms with Crippen LogP contribution < -0.4 is 10.6 Å². The van der Waals surface area contributed by atoms with Crippen molar-refractivity contribution in [2.45, 2.75) is 43.9 Å². The lowest BCUT2D eigenvalue weighted by atomic mass is 10.2. The maximum Gasteiger partial charge on any atom is 0.332 e. The first kappa shape index (κ1) is 11.2. The van der Waals surface area contributed by atoms with Gasteiger partial charge in [0.25, 0.3) is 0 Å². The van der Waals surface area contributed by atoms with Gasteiger partial charge < -0.3 is 20.5 Å². The molecule has 0 aromatic rings. The van der Waals surface area contributed by atoms with Crippen LogP contribution in [0.4, 0.5) is 4.79 Å². The molecule has 16 heavy (non-hydrogen) atoms. The van der Waals surface area contributed by atoms with Crippen molar-refractivity contribution >= 4 is 12.0 Å². The van der Waals surface area contributed by atoms with Crippen molar-refractivity contribution in [3.8, 4) is 0 Å². The quantitative estimate of drug-likeness (QED) is 0.636. The largest absolute Gasteiger partial charge is 0.479 e. The third kappa shape index (κ3) is 3.10. The Labute approximate surface area is 93.3 Å². The number of rotatable bonds is 4. The van der Waals surface area contributed by atoms with E-state index in [9.17, 15) is 9.59 Å². The van der Waals surface area contributed by atoms with Crippen LogP contribution in [0, 0.1) is 0 Å². The van der Waals surface area contributed by atoms with Crippen molar-refractivity contribution in [1.82, 2.24) is 10.6 Å². The van der Waals surface area contributed by atoms with Crippen LogP contribution in [0.1, 0.15) is 25.7 Å². The molecule has 2 rings (SSSR count). The summed E-state index contributed by atoms with van der Waals surface area (Å²) >= 11 is 0. The molecular weight excluding hydrogens is 212 g/mol. The number of nitrogens with one attached hydrogen (secondary N) is 2. The molecule has 1 saturated heterocycles. The van der Waals surface area contributed by atoms with E-state index < -0.39 is 12.1 Å². The van der Waals surface area contributed by atoms with Crippen LogP contribution in [0.25, 0.3) is 0 Å². The number of amides is 2. The van der Waals surface area contributed by atoms with E-state index in [0.29, 0.717) is 25.4 Å². The third-order valence-electron chi connectivity index (χ3n) is 2.79. The summed E-state index contributed by atoms with van der Waals surface area (Å²) in [5.74, 6) is -0.926. The normalized spacial score (nSPS) is 28.8. The van der Waals surface area contributed by atoms with E-state index in [1.54, 1.807) is 0 Å². The zero-order chi connectivity index (χ0) is 11.5. The van der Waals surface area contributed by atoms with Crippen molar-refractivity contribution in [2.24, 2.45) is 0 Å². The molecule has 3 N–H and O–H groups in total. The Morgan fingerprint density at radius 3 is 2.56 bits per heavy atom. The molecule has 0 aromatic heterocycles. The molecular formula is C10H16N2O4. The smallest absolute Gasteiger partial charge is 0.332 e. The van der Waals surface area contributed by atoms with Crippen molar-refractivity contribution in [3.63, 3.8) is 0 Å². The van der Waals surface area contributed by atoms with Gasteiger partial charge in [-0.25, -0.2) is 9.59 Å². The number of urea groups is 1. The highest BCUT2D eigenvalue weighted by Gasteiger charge is 2.30. The minimum Gasteiger partial charge on any atom is -0.479 e. The Kier molecular flexibility index (Phi) is 3.28. The molecule has 1 aliphatic heterocycles. The molecule has 90 valence electrons. The van der Waals surface area contributed by atoms with Crippen molar-refractivity contribution in [2.75, 3.05) is 6.54 Å². The molecule has 1 heterocycles. The van der Waals surface area contributed by atoms with Gasteiger partial charge in [0.1, 0.15) is 0 Å². The summed E-state index contributed by atoms with van der Waals surface area (Å²) in [5, 5.41) is 14.2. The van der Waals surface area contributed by atoms with E-state index in [1.807, 2.05) is 0 Å².